The highest BCUT2D eigenvalue weighted by molar-refractivity contribution is 7.00. The lowest BCUT2D eigenvalue weighted by Gasteiger charge is -2.22. The molecular formula is C26H29N2Si+. The summed E-state index contributed by atoms with van der Waals surface area (Å²) in [5.41, 5.74) is 6.61. The number of nitrogens with zero attached hydrogens (tertiary/aromatic N) is 2. The summed E-state index contributed by atoms with van der Waals surface area (Å²) in [5, 5.41) is 5.25. The van der Waals surface area contributed by atoms with Crippen LogP contribution in [0.4, 0.5) is 0 Å². The Bertz CT molecular complexity index is 1210. The number of hydrogen-bond donors (Lipinski definition) is 0. The van der Waals surface area contributed by atoms with Crippen molar-refractivity contribution >= 4 is 29.4 Å². The molecule has 0 saturated heterocycles. The molecule has 0 saturated carbocycles. The van der Waals surface area contributed by atoms with E-state index >= 15 is 0 Å². The lowest BCUT2D eigenvalue weighted by molar-refractivity contribution is -0.659. The van der Waals surface area contributed by atoms with E-state index in [0.29, 0.717) is 0 Å². The van der Waals surface area contributed by atoms with Gasteiger partial charge in [0, 0.05) is 17.6 Å². The molecule has 0 aliphatic rings. The fraction of sp³-hybridized carbons (Fsp3) is 0.231. The zero-order valence-corrected chi connectivity index (χ0v) is 19.2. The van der Waals surface area contributed by atoms with Gasteiger partial charge in [0.25, 0.3) is 0 Å². The van der Waals surface area contributed by atoms with Gasteiger partial charge in [-0.3, -0.25) is 4.98 Å². The van der Waals surface area contributed by atoms with Gasteiger partial charge in [-0.2, -0.15) is 0 Å². The normalized spacial score (nSPS) is 11.8. The second-order valence-electron chi connectivity index (χ2n) is 8.67. The molecule has 4 aromatic rings. The Labute approximate surface area is 174 Å². The van der Waals surface area contributed by atoms with Gasteiger partial charge < -0.3 is 0 Å². The maximum atomic E-state index is 4.67. The van der Waals surface area contributed by atoms with Crippen LogP contribution in [0.25, 0.3) is 22.0 Å². The largest absolute Gasteiger partial charge is 0.266 e. The highest BCUT2D eigenvalue weighted by Crippen LogP contribution is 2.30. The second-order valence-corrected chi connectivity index (χ2v) is 13.0. The highest BCUT2D eigenvalue weighted by Gasteiger charge is 2.28. The molecule has 146 valence electrons. The summed E-state index contributed by atoms with van der Waals surface area (Å²) in [5.74, 6) is 0. The molecular weight excluding hydrogens is 368 g/mol. The van der Waals surface area contributed by atoms with Crippen LogP contribution in [-0.4, -0.2) is 13.1 Å². The van der Waals surface area contributed by atoms with E-state index in [-0.39, 0.29) is 0 Å². The van der Waals surface area contributed by atoms with E-state index in [1.54, 1.807) is 0 Å². The van der Waals surface area contributed by atoms with Gasteiger partial charge in [0.15, 0.2) is 6.20 Å². The van der Waals surface area contributed by atoms with Gasteiger partial charge in [0.1, 0.15) is 15.1 Å². The van der Waals surface area contributed by atoms with Crippen molar-refractivity contribution in [1.29, 1.82) is 0 Å². The van der Waals surface area contributed by atoms with Gasteiger partial charge >= 0.3 is 0 Å². The van der Waals surface area contributed by atoms with E-state index in [9.17, 15) is 0 Å². The third-order valence-corrected chi connectivity index (χ3v) is 9.56. The molecule has 0 bridgehead atoms. The van der Waals surface area contributed by atoms with Crippen LogP contribution in [-0.2, 0) is 7.05 Å². The number of aromatic nitrogens is 2. The molecule has 29 heavy (non-hydrogen) atoms. The number of fused-ring (bicyclic) bond motifs is 1. The number of hydrogen-bond acceptors (Lipinski definition) is 1. The number of rotatable bonds is 3. The minimum atomic E-state index is -1.83. The SMILES string of the molecule is Cc1cc(C)c(C)c(-c2c3ccc([Si](C)(C)c4ccccn4)cc3cc[n+]2C)c1. The van der Waals surface area contributed by atoms with Crippen molar-refractivity contribution in [1.82, 2.24) is 4.98 Å². The van der Waals surface area contributed by atoms with E-state index in [0.717, 1.165) is 0 Å². The first-order valence-corrected chi connectivity index (χ1v) is 13.2. The second kappa shape index (κ2) is 7.23. The molecule has 0 radical (unpaired) electrons. The Kier molecular flexibility index (Phi) is 4.87. The fourth-order valence-corrected chi connectivity index (χ4v) is 6.49. The van der Waals surface area contributed by atoms with Gasteiger partial charge in [-0.15, -0.1) is 0 Å². The van der Waals surface area contributed by atoms with Crippen LogP contribution in [0.15, 0.2) is 67.0 Å². The molecule has 0 N–H and O–H groups in total. The molecule has 2 aromatic carbocycles. The lowest BCUT2D eigenvalue weighted by Crippen LogP contribution is -2.54. The van der Waals surface area contributed by atoms with Gasteiger partial charge in [0.05, 0.1) is 10.9 Å². The molecule has 2 aromatic heterocycles. The number of benzene rings is 2. The lowest BCUT2D eigenvalue weighted by atomic mass is 9.95. The first kappa shape index (κ1) is 19.5. The Morgan fingerprint density at radius 1 is 0.897 bits per heavy atom. The van der Waals surface area contributed by atoms with Gasteiger partial charge in [-0.1, -0.05) is 48.1 Å². The first-order valence-electron chi connectivity index (χ1n) is 10.2. The van der Waals surface area contributed by atoms with Crippen LogP contribution in [0.3, 0.4) is 0 Å². The minimum absolute atomic E-state index is 1.23. The molecule has 2 nitrogen and oxygen atoms in total. The van der Waals surface area contributed by atoms with Crippen LogP contribution in [0.5, 0.6) is 0 Å². The molecule has 2 heterocycles. The fourth-order valence-electron chi connectivity index (χ4n) is 4.26. The predicted octanol–water partition coefficient (Wildman–Crippen LogP) is 4.47. The Balaban J connectivity index is 1.93. The Morgan fingerprint density at radius 2 is 1.69 bits per heavy atom. The molecule has 0 spiro atoms. The minimum Gasteiger partial charge on any atom is -0.266 e. The molecule has 3 heteroatoms. The summed E-state index contributed by atoms with van der Waals surface area (Å²) >= 11 is 0. The molecule has 0 amide bonds. The number of aryl methyl sites for hydroxylation is 3. The average molecular weight is 398 g/mol. The van der Waals surface area contributed by atoms with Crippen molar-refractivity contribution in [2.45, 2.75) is 33.9 Å². The third-order valence-electron chi connectivity index (χ3n) is 6.23. The van der Waals surface area contributed by atoms with E-state index in [1.807, 2.05) is 12.3 Å². The van der Waals surface area contributed by atoms with Crippen LogP contribution < -0.4 is 15.1 Å². The van der Waals surface area contributed by atoms with Crippen LogP contribution >= 0.6 is 0 Å². The summed E-state index contributed by atoms with van der Waals surface area (Å²) in [6.45, 7) is 11.4. The van der Waals surface area contributed by atoms with E-state index < -0.39 is 8.07 Å². The van der Waals surface area contributed by atoms with Crippen molar-refractivity contribution in [2.24, 2.45) is 7.05 Å². The molecule has 0 aliphatic carbocycles. The van der Waals surface area contributed by atoms with Gasteiger partial charge in [0.2, 0.25) is 5.69 Å². The quantitative estimate of drug-likeness (QED) is 0.368. The summed E-state index contributed by atoms with van der Waals surface area (Å²) in [6, 6.07) is 20.1. The summed E-state index contributed by atoms with van der Waals surface area (Å²) < 4.78 is 2.25. The summed E-state index contributed by atoms with van der Waals surface area (Å²) in [4.78, 5) is 4.67. The van der Waals surface area contributed by atoms with E-state index in [1.165, 1.54) is 49.2 Å². The average Bonchev–Trinajstić information content (AvgIpc) is 2.71. The number of pyridine rings is 2. The standard InChI is InChI=1S/C26H29N2Si/c1-18-15-19(2)20(3)24(16-18)26-23-11-10-22(17-21(23)12-14-28(26)4)29(5,6)25-9-7-8-13-27-25/h7-17H,1-6H3/q+1. The first-order chi connectivity index (χ1) is 13.8. The highest BCUT2D eigenvalue weighted by atomic mass is 28.3. The molecule has 0 atom stereocenters. The van der Waals surface area contributed by atoms with Crippen molar-refractivity contribution in [3.8, 4) is 11.3 Å². The van der Waals surface area contributed by atoms with E-state index in [4.69, 9.17) is 0 Å². The molecule has 4 rings (SSSR count). The summed E-state index contributed by atoms with van der Waals surface area (Å²) in [7, 11) is 0.315. The van der Waals surface area contributed by atoms with Crippen LogP contribution in [0, 0.1) is 20.8 Å². The van der Waals surface area contributed by atoms with Crippen molar-refractivity contribution in [2.75, 3.05) is 0 Å². The molecule has 0 fully saturated rings. The molecule has 0 aliphatic heterocycles. The van der Waals surface area contributed by atoms with E-state index in [2.05, 4.69) is 105 Å². The zero-order valence-electron chi connectivity index (χ0n) is 18.2. The van der Waals surface area contributed by atoms with Crippen molar-refractivity contribution in [3.63, 3.8) is 0 Å². The monoisotopic (exact) mass is 397 g/mol. The smallest absolute Gasteiger partial charge is 0.220 e. The van der Waals surface area contributed by atoms with Crippen molar-refractivity contribution < 1.29 is 4.57 Å². The van der Waals surface area contributed by atoms with Crippen LogP contribution in [0.1, 0.15) is 16.7 Å². The maximum Gasteiger partial charge on any atom is 0.220 e. The van der Waals surface area contributed by atoms with Gasteiger partial charge in [-0.25, -0.2) is 4.57 Å². The zero-order chi connectivity index (χ0) is 20.8. The topological polar surface area (TPSA) is 16.8 Å². The predicted molar refractivity (Wildman–Crippen MR) is 126 cm³/mol. The summed E-state index contributed by atoms with van der Waals surface area (Å²) in [6.07, 6.45) is 4.10. The molecule has 0 unspecified atom stereocenters. The van der Waals surface area contributed by atoms with Crippen LogP contribution in [0.2, 0.25) is 13.1 Å². The van der Waals surface area contributed by atoms with Gasteiger partial charge in [-0.05, 0) is 61.5 Å². The Morgan fingerprint density at radius 3 is 2.41 bits per heavy atom. The Hall–Kier alpha value is -2.78. The maximum absolute atomic E-state index is 4.67. The third kappa shape index (κ3) is 3.40. The van der Waals surface area contributed by atoms with Crippen molar-refractivity contribution in [3.05, 3.63) is 83.7 Å².